The highest BCUT2D eigenvalue weighted by Gasteiger charge is 2.10. The zero-order valence-electron chi connectivity index (χ0n) is 16.5. The molecule has 0 fully saturated rings. The summed E-state index contributed by atoms with van der Waals surface area (Å²) in [5.74, 6) is 0.758. The van der Waals surface area contributed by atoms with E-state index in [0.29, 0.717) is 6.54 Å². The molecular formula is C22H28IN5O. The summed E-state index contributed by atoms with van der Waals surface area (Å²) in [7, 11) is 1.75. The molecule has 0 aliphatic rings. The van der Waals surface area contributed by atoms with E-state index in [2.05, 4.69) is 20.7 Å². The van der Waals surface area contributed by atoms with Crippen molar-refractivity contribution >= 4 is 29.9 Å². The van der Waals surface area contributed by atoms with Crippen LogP contribution in [0.3, 0.4) is 0 Å². The lowest BCUT2D eigenvalue weighted by Gasteiger charge is -2.18. The summed E-state index contributed by atoms with van der Waals surface area (Å²) in [6.45, 7) is 1.45. The minimum atomic E-state index is 0. The molecule has 29 heavy (non-hydrogen) atoms. The zero-order valence-corrected chi connectivity index (χ0v) is 18.9. The van der Waals surface area contributed by atoms with Crippen LogP contribution in [0.25, 0.3) is 5.69 Å². The van der Waals surface area contributed by atoms with Crippen molar-refractivity contribution in [2.24, 2.45) is 4.99 Å². The van der Waals surface area contributed by atoms with Gasteiger partial charge in [0.05, 0.1) is 18.5 Å². The first kappa shape index (κ1) is 22.9. The number of hydrogen-bond donors (Lipinski definition) is 3. The number of nitrogens with zero attached hydrogens (tertiary/aromatic N) is 3. The van der Waals surface area contributed by atoms with Crippen LogP contribution in [0.2, 0.25) is 0 Å². The summed E-state index contributed by atoms with van der Waals surface area (Å²) in [5.41, 5.74) is 3.32. The first-order chi connectivity index (χ1) is 13.8. The summed E-state index contributed by atoms with van der Waals surface area (Å²) in [6.07, 6.45) is 4.78. The van der Waals surface area contributed by atoms with E-state index in [0.717, 1.165) is 35.7 Å². The largest absolute Gasteiger partial charge is 0.396 e. The van der Waals surface area contributed by atoms with E-state index in [9.17, 15) is 5.11 Å². The molecule has 3 rings (SSSR count). The standard InChI is InChI=1S/C22H27N5O.HI/c1-23-22(25-15-20(17-28)19-8-4-2-5-9-19)24-13-12-18-14-26-27(16-18)21-10-6-3-7-11-21;/h2-11,14,16,20,28H,12-13,15,17H2,1H3,(H2,23,24,25);1H. The fourth-order valence-corrected chi connectivity index (χ4v) is 2.99. The van der Waals surface area contributed by atoms with Gasteiger partial charge in [0.2, 0.25) is 0 Å². The number of aliphatic imine (C=N–C) groups is 1. The topological polar surface area (TPSA) is 74.5 Å². The Morgan fingerprint density at radius 3 is 2.41 bits per heavy atom. The number of guanidine groups is 1. The van der Waals surface area contributed by atoms with E-state index < -0.39 is 0 Å². The number of para-hydroxylation sites is 1. The highest BCUT2D eigenvalue weighted by molar-refractivity contribution is 14.0. The minimum absolute atomic E-state index is 0. The quantitative estimate of drug-likeness (QED) is 0.250. The van der Waals surface area contributed by atoms with E-state index >= 15 is 0 Å². The molecule has 1 heterocycles. The Balaban J connectivity index is 0.00000300. The van der Waals surface area contributed by atoms with Crippen LogP contribution < -0.4 is 10.6 Å². The second-order valence-corrected chi connectivity index (χ2v) is 6.55. The van der Waals surface area contributed by atoms with Crippen molar-refractivity contribution in [3.63, 3.8) is 0 Å². The predicted octanol–water partition coefficient (Wildman–Crippen LogP) is 2.97. The number of aliphatic hydroxyl groups excluding tert-OH is 1. The molecule has 6 nitrogen and oxygen atoms in total. The van der Waals surface area contributed by atoms with Gasteiger partial charge in [-0.05, 0) is 29.7 Å². The fourth-order valence-electron chi connectivity index (χ4n) is 2.99. The van der Waals surface area contributed by atoms with Gasteiger partial charge in [-0.1, -0.05) is 48.5 Å². The van der Waals surface area contributed by atoms with Crippen LogP contribution in [0.4, 0.5) is 0 Å². The normalized spacial score (nSPS) is 12.1. The molecule has 0 spiro atoms. The smallest absolute Gasteiger partial charge is 0.191 e. The first-order valence-electron chi connectivity index (χ1n) is 9.49. The Hall–Kier alpha value is -2.39. The fraction of sp³-hybridized carbons (Fsp3) is 0.273. The molecule has 0 amide bonds. The Morgan fingerprint density at radius 2 is 1.76 bits per heavy atom. The van der Waals surface area contributed by atoms with Crippen LogP contribution in [0.15, 0.2) is 78.0 Å². The van der Waals surface area contributed by atoms with Crippen LogP contribution in [0, 0.1) is 0 Å². The van der Waals surface area contributed by atoms with Gasteiger partial charge in [-0.15, -0.1) is 24.0 Å². The Bertz CT molecular complexity index is 867. The van der Waals surface area contributed by atoms with Crippen molar-refractivity contribution < 1.29 is 5.11 Å². The van der Waals surface area contributed by atoms with Crippen LogP contribution in [0.5, 0.6) is 0 Å². The molecule has 1 unspecified atom stereocenters. The van der Waals surface area contributed by atoms with Gasteiger partial charge in [0.15, 0.2) is 5.96 Å². The molecule has 3 aromatic rings. The lowest BCUT2D eigenvalue weighted by molar-refractivity contribution is 0.265. The highest BCUT2D eigenvalue weighted by atomic mass is 127. The van der Waals surface area contributed by atoms with E-state index in [-0.39, 0.29) is 36.5 Å². The molecule has 7 heteroatoms. The molecule has 154 valence electrons. The lowest BCUT2D eigenvalue weighted by Crippen LogP contribution is -2.40. The van der Waals surface area contributed by atoms with Gasteiger partial charge >= 0.3 is 0 Å². The molecule has 0 radical (unpaired) electrons. The number of benzene rings is 2. The molecule has 0 saturated carbocycles. The number of hydrogen-bond acceptors (Lipinski definition) is 3. The van der Waals surface area contributed by atoms with Gasteiger partial charge in [-0.3, -0.25) is 4.99 Å². The number of rotatable bonds is 8. The molecule has 1 atom stereocenters. The average molecular weight is 505 g/mol. The minimum Gasteiger partial charge on any atom is -0.396 e. The molecule has 0 aliphatic heterocycles. The number of nitrogens with one attached hydrogen (secondary N) is 2. The monoisotopic (exact) mass is 505 g/mol. The van der Waals surface area contributed by atoms with Crippen LogP contribution >= 0.6 is 24.0 Å². The van der Waals surface area contributed by atoms with Crippen molar-refractivity contribution in [1.82, 2.24) is 20.4 Å². The van der Waals surface area contributed by atoms with E-state index in [1.807, 2.05) is 77.7 Å². The third-order valence-electron chi connectivity index (χ3n) is 4.59. The summed E-state index contributed by atoms with van der Waals surface area (Å²) in [6, 6.07) is 20.1. The molecule has 1 aromatic heterocycles. The Morgan fingerprint density at radius 1 is 1.07 bits per heavy atom. The van der Waals surface area contributed by atoms with E-state index in [4.69, 9.17) is 0 Å². The average Bonchev–Trinajstić information content (AvgIpc) is 3.23. The van der Waals surface area contributed by atoms with Gasteiger partial charge in [0, 0.05) is 32.3 Å². The summed E-state index contributed by atoms with van der Waals surface area (Å²) in [5, 5.41) is 20.7. The van der Waals surface area contributed by atoms with Crippen LogP contribution in [-0.2, 0) is 6.42 Å². The SMILES string of the molecule is CN=C(NCCc1cnn(-c2ccccc2)c1)NCC(CO)c1ccccc1.I. The lowest BCUT2D eigenvalue weighted by atomic mass is 10.0. The predicted molar refractivity (Wildman–Crippen MR) is 128 cm³/mol. The molecular weight excluding hydrogens is 477 g/mol. The third-order valence-corrected chi connectivity index (χ3v) is 4.59. The molecule has 0 saturated heterocycles. The Kier molecular flexibility index (Phi) is 9.66. The number of aromatic nitrogens is 2. The van der Waals surface area contributed by atoms with E-state index in [1.54, 1.807) is 7.05 Å². The van der Waals surface area contributed by atoms with Gasteiger partial charge in [-0.25, -0.2) is 4.68 Å². The maximum Gasteiger partial charge on any atom is 0.191 e. The second-order valence-electron chi connectivity index (χ2n) is 6.55. The third kappa shape index (κ3) is 6.86. The van der Waals surface area contributed by atoms with Crippen LogP contribution in [0.1, 0.15) is 17.0 Å². The summed E-state index contributed by atoms with van der Waals surface area (Å²) < 4.78 is 1.88. The van der Waals surface area contributed by atoms with Crippen molar-refractivity contribution in [1.29, 1.82) is 0 Å². The van der Waals surface area contributed by atoms with Crippen molar-refractivity contribution in [2.75, 3.05) is 26.7 Å². The first-order valence-corrected chi connectivity index (χ1v) is 9.49. The van der Waals surface area contributed by atoms with Gasteiger partial charge < -0.3 is 15.7 Å². The maximum absolute atomic E-state index is 9.68. The highest BCUT2D eigenvalue weighted by Crippen LogP contribution is 2.13. The zero-order chi connectivity index (χ0) is 19.6. The summed E-state index contributed by atoms with van der Waals surface area (Å²) >= 11 is 0. The Labute approximate surface area is 189 Å². The van der Waals surface area contributed by atoms with Crippen molar-refractivity contribution in [3.05, 3.63) is 84.2 Å². The van der Waals surface area contributed by atoms with Crippen molar-refractivity contribution in [3.8, 4) is 5.69 Å². The number of halogens is 1. The van der Waals surface area contributed by atoms with E-state index in [1.165, 1.54) is 0 Å². The molecule has 3 N–H and O–H groups in total. The molecule has 0 aliphatic carbocycles. The summed E-state index contributed by atoms with van der Waals surface area (Å²) in [4.78, 5) is 4.26. The van der Waals surface area contributed by atoms with Gasteiger partial charge in [0.25, 0.3) is 0 Å². The molecule has 0 bridgehead atoms. The van der Waals surface area contributed by atoms with Crippen LogP contribution in [-0.4, -0.2) is 47.6 Å². The van der Waals surface area contributed by atoms with Crippen molar-refractivity contribution in [2.45, 2.75) is 12.3 Å². The maximum atomic E-state index is 9.68. The molecule has 2 aromatic carbocycles. The second kappa shape index (κ2) is 12.2. The van der Waals surface area contributed by atoms with Gasteiger partial charge in [0.1, 0.15) is 0 Å². The number of aliphatic hydroxyl groups is 1. The van der Waals surface area contributed by atoms with Gasteiger partial charge in [-0.2, -0.15) is 5.10 Å².